The predicted octanol–water partition coefficient (Wildman–Crippen LogP) is 3.39. The van der Waals surface area contributed by atoms with E-state index in [4.69, 9.17) is 11.6 Å². The standard InChI is InChI=1S/C19H25ClN2O2/c1-19(9-10-19)22-12-2-11-21(13-14-22)18(24)8-7-17(23)15-3-5-16(20)6-4-15/h3-6H,2,7-14H2,1H3. The Kier molecular flexibility index (Phi) is 5.26. The smallest absolute Gasteiger partial charge is 0.223 e. The van der Waals surface area contributed by atoms with Crippen molar-refractivity contribution in [1.82, 2.24) is 9.80 Å². The highest BCUT2D eigenvalue weighted by Crippen LogP contribution is 2.41. The highest BCUT2D eigenvalue weighted by Gasteiger charge is 2.43. The van der Waals surface area contributed by atoms with Gasteiger partial charge in [0.15, 0.2) is 5.78 Å². The van der Waals surface area contributed by atoms with Crippen LogP contribution in [-0.2, 0) is 4.79 Å². The minimum absolute atomic E-state index is 0.00181. The maximum absolute atomic E-state index is 12.4. The molecule has 130 valence electrons. The maximum atomic E-state index is 12.4. The molecular formula is C19H25ClN2O2. The van der Waals surface area contributed by atoms with Gasteiger partial charge in [-0.25, -0.2) is 0 Å². The van der Waals surface area contributed by atoms with Crippen LogP contribution >= 0.6 is 11.6 Å². The second-order valence-electron chi connectivity index (χ2n) is 7.15. The first-order valence-corrected chi connectivity index (χ1v) is 9.17. The van der Waals surface area contributed by atoms with Crippen LogP contribution < -0.4 is 0 Å². The molecule has 0 spiro atoms. The van der Waals surface area contributed by atoms with E-state index >= 15 is 0 Å². The van der Waals surface area contributed by atoms with E-state index in [1.54, 1.807) is 24.3 Å². The quantitative estimate of drug-likeness (QED) is 0.766. The van der Waals surface area contributed by atoms with Crippen LogP contribution in [0.4, 0.5) is 0 Å². The molecule has 2 aliphatic rings. The normalized spacial score (nSPS) is 20.5. The van der Waals surface area contributed by atoms with E-state index in [-0.39, 0.29) is 18.1 Å². The largest absolute Gasteiger partial charge is 0.341 e. The predicted molar refractivity (Wildman–Crippen MR) is 95.4 cm³/mol. The van der Waals surface area contributed by atoms with Crippen LogP contribution in [0.5, 0.6) is 0 Å². The van der Waals surface area contributed by atoms with Crippen LogP contribution in [0.2, 0.25) is 5.02 Å². The maximum Gasteiger partial charge on any atom is 0.223 e. The van der Waals surface area contributed by atoms with Crippen molar-refractivity contribution in [2.45, 2.75) is 44.6 Å². The number of ketones is 1. The van der Waals surface area contributed by atoms with Gasteiger partial charge in [0.2, 0.25) is 5.91 Å². The number of halogens is 1. The Morgan fingerprint density at radius 2 is 1.75 bits per heavy atom. The second kappa shape index (κ2) is 7.24. The number of hydrogen-bond donors (Lipinski definition) is 0. The van der Waals surface area contributed by atoms with E-state index in [1.165, 1.54) is 12.8 Å². The molecule has 0 aromatic heterocycles. The van der Waals surface area contributed by atoms with E-state index in [1.807, 2.05) is 4.90 Å². The third kappa shape index (κ3) is 4.17. The average Bonchev–Trinajstić information content (AvgIpc) is 3.36. The molecule has 1 aliphatic carbocycles. The Balaban J connectivity index is 1.48. The molecule has 2 fully saturated rings. The number of hydrogen-bond acceptors (Lipinski definition) is 3. The van der Waals surface area contributed by atoms with Crippen LogP contribution in [-0.4, -0.2) is 53.2 Å². The van der Waals surface area contributed by atoms with Gasteiger partial charge in [-0.2, -0.15) is 0 Å². The van der Waals surface area contributed by atoms with Gasteiger partial charge in [-0.15, -0.1) is 0 Å². The average molecular weight is 349 g/mol. The van der Waals surface area contributed by atoms with Crippen molar-refractivity contribution in [3.63, 3.8) is 0 Å². The van der Waals surface area contributed by atoms with Gasteiger partial charge >= 0.3 is 0 Å². The highest BCUT2D eigenvalue weighted by atomic mass is 35.5. The summed E-state index contributed by atoms with van der Waals surface area (Å²) in [7, 11) is 0. The fraction of sp³-hybridized carbons (Fsp3) is 0.579. The monoisotopic (exact) mass is 348 g/mol. The van der Waals surface area contributed by atoms with Crippen molar-refractivity contribution in [2.75, 3.05) is 26.2 Å². The number of Topliss-reactive ketones (excluding diaryl/α,β-unsaturated/α-hetero) is 1. The van der Waals surface area contributed by atoms with Crippen molar-refractivity contribution >= 4 is 23.3 Å². The summed E-state index contributed by atoms with van der Waals surface area (Å²) < 4.78 is 0. The lowest BCUT2D eigenvalue weighted by atomic mass is 10.1. The van der Waals surface area contributed by atoms with E-state index < -0.39 is 0 Å². The zero-order valence-electron chi connectivity index (χ0n) is 14.3. The molecule has 0 N–H and O–H groups in total. The minimum Gasteiger partial charge on any atom is -0.341 e. The lowest BCUT2D eigenvalue weighted by Gasteiger charge is -2.27. The molecule has 24 heavy (non-hydrogen) atoms. The Morgan fingerprint density at radius 1 is 1.04 bits per heavy atom. The topological polar surface area (TPSA) is 40.6 Å². The molecule has 1 aliphatic heterocycles. The molecule has 1 amide bonds. The minimum atomic E-state index is 0.00181. The number of benzene rings is 1. The van der Waals surface area contributed by atoms with Crippen molar-refractivity contribution < 1.29 is 9.59 Å². The summed E-state index contributed by atoms with van der Waals surface area (Å²) in [5.41, 5.74) is 1.000. The van der Waals surface area contributed by atoms with Gasteiger partial charge in [0, 0.05) is 55.1 Å². The fourth-order valence-electron chi connectivity index (χ4n) is 3.36. The van der Waals surface area contributed by atoms with Crippen LogP contribution in [0.1, 0.15) is 49.4 Å². The summed E-state index contributed by atoms with van der Waals surface area (Å²) in [5, 5.41) is 0.612. The van der Waals surface area contributed by atoms with Gasteiger partial charge in [-0.05, 0) is 50.5 Å². The first kappa shape index (κ1) is 17.4. The summed E-state index contributed by atoms with van der Waals surface area (Å²) in [6.07, 6.45) is 4.12. The second-order valence-corrected chi connectivity index (χ2v) is 7.58. The molecule has 1 aromatic rings. The van der Waals surface area contributed by atoms with Crippen LogP contribution in [0.15, 0.2) is 24.3 Å². The van der Waals surface area contributed by atoms with Gasteiger partial charge in [-0.1, -0.05) is 11.6 Å². The lowest BCUT2D eigenvalue weighted by Crippen LogP contribution is -2.39. The van der Waals surface area contributed by atoms with Gasteiger partial charge in [0.1, 0.15) is 0 Å². The molecule has 1 saturated heterocycles. The van der Waals surface area contributed by atoms with E-state index in [0.717, 1.165) is 32.6 Å². The van der Waals surface area contributed by atoms with Crippen molar-refractivity contribution in [2.24, 2.45) is 0 Å². The number of amides is 1. The summed E-state index contributed by atoms with van der Waals surface area (Å²) >= 11 is 5.83. The molecule has 0 radical (unpaired) electrons. The summed E-state index contributed by atoms with van der Waals surface area (Å²) in [5.74, 6) is 0.0991. The summed E-state index contributed by atoms with van der Waals surface area (Å²) in [6, 6.07) is 6.85. The van der Waals surface area contributed by atoms with Gasteiger partial charge in [0.05, 0.1) is 0 Å². The SMILES string of the molecule is CC1(N2CCCN(C(=O)CCC(=O)c3ccc(Cl)cc3)CC2)CC1. The van der Waals surface area contributed by atoms with Crippen molar-refractivity contribution in [3.05, 3.63) is 34.9 Å². The first-order chi connectivity index (χ1) is 11.5. The molecule has 1 aromatic carbocycles. The zero-order valence-corrected chi connectivity index (χ0v) is 15.0. The molecule has 0 unspecified atom stereocenters. The summed E-state index contributed by atoms with van der Waals surface area (Å²) in [6.45, 7) is 5.93. The summed E-state index contributed by atoms with van der Waals surface area (Å²) in [4.78, 5) is 29.1. The highest BCUT2D eigenvalue weighted by molar-refractivity contribution is 6.30. The van der Waals surface area contributed by atoms with Crippen LogP contribution in [0, 0.1) is 0 Å². The molecule has 5 heteroatoms. The van der Waals surface area contributed by atoms with E-state index in [9.17, 15) is 9.59 Å². The Hall–Kier alpha value is -1.39. The van der Waals surface area contributed by atoms with Gasteiger partial charge in [0.25, 0.3) is 0 Å². The van der Waals surface area contributed by atoms with Crippen molar-refractivity contribution in [3.8, 4) is 0 Å². The number of carbonyl (C=O) groups excluding carboxylic acids is 2. The fourth-order valence-corrected chi connectivity index (χ4v) is 3.49. The molecule has 1 saturated carbocycles. The number of rotatable bonds is 5. The van der Waals surface area contributed by atoms with Gasteiger partial charge < -0.3 is 4.90 Å². The molecule has 4 nitrogen and oxygen atoms in total. The Bertz CT molecular complexity index is 610. The molecule has 0 atom stereocenters. The van der Waals surface area contributed by atoms with Crippen LogP contribution in [0.3, 0.4) is 0 Å². The molecule has 0 bridgehead atoms. The van der Waals surface area contributed by atoms with Crippen LogP contribution in [0.25, 0.3) is 0 Å². The number of carbonyl (C=O) groups is 2. The molecule has 1 heterocycles. The van der Waals surface area contributed by atoms with E-state index in [0.29, 0.717) is 22.5 Å². The lowest BCUT2D eigenvalue weighted by molar-refractivity contribution is -0.131. The molecule has 3 rings (SSSR count). The third-order valence-electron chi connectivity index (χ3n) is 5.32. The Morgan fingerprint density at radius 3 is 2.42 bits per heavy atom. The number of nitrogens with zero attached hydrogens (tertiary/aromatic N) is 2. The zero-order chi connectivity index (χ0) is 17.2. The van der Waals surface area contributed by atoms with E-state index in [2.05, 4.69) is 11.8 Å². The van der Waals surface area contributed by atoms with Gasteiger partial charge in [-0.3, -0.25) is 14.5 Å². The van der Waals surface area contributed by atoms with Crippen molar-refractivity contribution in [1.29, 1.82) is 0 Å². The third-order valence-corrected chi connectivity index (χ3v) is 5.57. The Labute approximate surface area is 148 Å². The molecular weight excluding hydrogens is 324 g/mol. The first-order valence-electron chi connectivity index (χ1n) is 8.79.